The van der Waals surface area contributed by atoms with Gasteiger partial charge >= 0.3 is 0 Å². The first-order valence-corrected chi connectivity index (χ1v) is 7.74. The lowest BCUT2D eigenvalue weighted by atomic mass is 10.2. The fourth-order valence-electron chi connectivity index (χ4n) is 3.17. The van der Waals surface area contributed by atoms with E-state index in [0.29, 0.717) is 18.8 Å². The highest BCUT2D eigenvalue weighted by Crippen LogP contribution is 2.23. The van der Waals surface area contributed by atoms with Crippen LogP contribution < -0.4 is 4.90 Å². The molecule has 1 amide bonds. The normalized spacial score (nSPS) is 17.6. The molecule has 6 heteroatoms. The van der Waals surface area contributed by atoms with E-state index in [9.17, 15) is 4.79 Å². The van der Waals surface area contributed by atoms with Crippen molar-refractivity contribution < 1.29 is 9.21 Å². The van der Waals surface area contributed by atoms with Crippen molar-refractivity contribution >= 4 is 11.7 Å². The van der Waals surface area contributed by atoms with Crippen LogP contribution in [0.4, 0.5) is 5.82 Å². The van der Waals surface area contributed by atoms with E-state index in [1.165, 1.54) is 18.2 Å². The lowest BCUT2D eigenvalue weighted by Gasteiger charge is -2.34. The van der Waals surface area contributed by atoms with E-state index in [1.54, 1.807) is 12.1 Å². The molecule has 4 rings (SSSR count). The predicted molar refractivity (Wildman–Crippen MR) is 80.9 cm³/mol. The van der Waals surface area contributed by atoms with Gasteiger partial charge in [0.15, 0.2) is 11.6 Å². The molecule has 0 unspecified atom stereocenters. The maximum atomic E-state index is 12.2. The van der Waals surface area contributed by atoms with Crippen molar-refractivity contribution in [2.45, 2.75) is 19.3 Å². The molecule has 2 aliphatic rings. The number of aromatic nitrogens is 2. The van der Waals surface area contributed by atoms with Crippen LogP contribution >= 0.6 is 0 Å². The van der Waals surface area contributed by atoms with Crippen LogP contribution in [0.15, 0.2) is 28.9 Å². The number of amides is 1. The second-order valence-electron chi connectivity index (χ2n) is 5.78. The Kier molecular flexibility index (Phi) is 3.29. The first-order chi connectivity index (χ1) is 10.8. The smallest absolute Gasteiger partial charge is 0.289 e. The topological polar surface area (TPSA) is 62.5 Å². The minimum atomic E-state index is -0.0373. The molecule has 0 N–H and O–H groups in total. The Hall–Kier alpha value is -2.37. The number of carbonyl (C=O) groups excluding carboxylic acids is 1. The van der Waals surface area contributed by atoms with Crippen LogP contribution in [-0.4, -0.2) is 47.2 Å². The molecule has 0 radical (unpaired) electrons. The van der Waals surface area contributed by atoms with E-state index in [2.05, 4.69) is 21.2 Å². The SMILES string of the molecule is O=C(c1ccco1)N1CCN(c2cc3c(nn2)CCC3)CC1. The number of piperazine rings is 1. The zero-order valence-corrected chi connectivity index (χ0v) is 12.4. The summed E-state index contributed by atoms with van der Waals surface area (Å²) in [5, 5.41) is 8.69. The van der Waals surface area contributed by atoms with E-state index in [-0.39, 0.29) is 5.91 Å². The zero-order valence-electron chi connectivity index (χ0n) is 12.4. The summed E-state index contributed by atoms with van der Waals surface area (Å²) in [4.78, 5) is 16.3. The van der Waals surface area contributed by atoms with Gasteiger partial charge in [0, 0.05) is 26.2 Å². The molecule has 114 valence electrons. The van der Waals surface area contributed by atoms with Crippen LogP contribution in [0.5, 0.6) is 0 Å². The molecule has 0 saturated carbocycles. The Morgan fingerprint density at radius 1 is 1.14 bits per heavy atom. The van der Waals surface area contributed by atoms with Crippen LogP contribution in [0.2, 0.25) is 0 Å². The molecule has 1 saturated heterocycles. The Morgan fingerprint density at radius 2 is 2.00 bits per heavy atom. The lowest BCUT2D eigenvalue weighted by Crippen LogP contribution is -2.49. The third-order valence-electron chi connectivity index (χ3n) is 4.43. The van der Waals surface area contributed by atoms with Gasteiger partial charge < -0.3 is 14.2 Å². The van der Waals surface area contributed by atoms with E-state index >= 15 is 0 Å². The van der Waals surface area contributed by atoms with Gasteiger partial charge in [0.2, 0.25) is 0 Å². The third kappa shape index (κ3) is 2.34. The predicted octanol–water partition coefficient (Wildman–Crippen LogP) is 1.52. The molecule has 0 aromatic carbocycles. The van der Waals surface area contributed by atoms with Gasteiger partial charge in [-0.2, -0.15) is 5.10 Å². The molecule has 1 aliphatic heterocycles. The van der Waals surface area contributed by atoms with Crippen molar-refractivity contribution in [3.8, 4) is 0 Å². The highest BCUT2D eigenvalue weighted by molar-refractivity contribution is 5.91. The van der Waals surface area contributed by atoms with Gasteiger partial charge in [0.1, 0.15) is 0 Å². The second kappa shape index (κ2) is 5.44. The molecular weight excluding hydrogens is 280 g/mol. The van der Waals surface area contributed by atoms with Gasteiger partial charge in [-0.3, -0.25) is 4.79 Å². The van der Waals surface area contributed by atoms with Crippen molar-refractivity contribution in [1.82, 2.24) is 15.1 Å². The largest absolute Gasteiger partial charge is 0.459 e. The molecule has 2 aromatic rings. The summed E-state index contributed by atoms with van der Waals surface area (Å²) in [5.41, 5.74) is 2.48. The molecule has 0 spiro atoms. The third-order valence-corrected chi connectivity index (χ3v) is 4.43. The van der Waals surface area contributed by atoms with Crippen molar-refractivity contribution in [3.05, 3.63) is 41.5 Å². The Morgan fingerprint density at radius 3 is 2.77 bits per heavy atom. The number of anilines is 1. The Balaban J connectivity index is 1.42. The van der Waals surface area contributed by atoms with Crippen molar-refractivity contribution in [3.63, 3.8) is 0 Å². The van der Waals surface area contributed by atoms with E-state index in [4.69, 9.17) is 4.42 Å². The van der Waals surface area contributed by atoms with Gasteiger partial charge in [0.25, 0.3) is 5.91 Å². The number of aryl methyl sites for hydroxylation is 2. The summed E-state index contributed by atoms with van der Waals surface area (Å²) in [6.45, 7) is 2.91. The minimum absolute atomic E-state index is 0.0373. The van der Waals surface area contributed by atoms with Crippen molar-refractivity contribution in [2.75, 3.05) is 31.1 Å². The Labute approximate surface area is 128 Å². The fraction of sp³-hybridized carbons (Fsp3) is 0.438. The van der Waals surface area contributed by atoms with Gasteiger partial charge in [0.05, 0.1) is 12.0 Å². The average molecular weight is 298 g/mol. The number of carbonyl (C=O) groups is 1. The van der Waals surface area contributed by atoms with Crippen LogP contribution in [0.1, 0.15) is 28.2 Å². The maximum Gasteiger partial charge on any atom is 0.289 e. The zero-order chi connectivity index (χ0) is 14.9. The molecular formula is C16H18N4O2. The molecule has 0 atom stereocenters. The molecule has 6 nitrogen and oxygen atoms in total. The van der Waals surface area contributed by atoms with E-state index in [1.807, 2.05) is 4.90 Å². The molecule has 22 heavy (non-hydrogen) atoms. The number of rotatable bonds is 2. The molecule has 0 bridgehead atoms. The number of hydrogen-bond acceptors (Lipinski definition) is 5. The molecule has 3 heterocycles. The number of nitrogens with zero attached hydrogens (tertiary/aromatic N) is 4. The van der Waals surface area contributed by atoms with Crippen LogP contribution in [-0.2, 0) is 12.8 Å². The summed E-state index contributed by atoms with van der Waals surface area (Å²) >= 11 is 0. The quantitative estimate of drug-likeness (QED) is 0.841. The Bertz CT molecular complexity index is 675. The van der Waals surface area contributed by atoms with Gasteiger partial charge in [-0.15, -0.1) is 5.10 Å². The van der Waals surface area contributed by atoms with E-state index in [0.717, 1.165) is 37.4 Å². The van der Waals surface area contributed by atoms with Gasteiger partial charge in [-0.1, -0.05) is 0 Å². The minimum Gasteiger partial charge on any atom is -0.459 e. The highest BCUT2D eigenvalue weighted by Gasteiger charge is 2.25. The average Bonchev–Trinajstić information content (AvgIpc) is 3.25. The number of furan rings is 1. The highest BCUT2D eigenvalue weighted by atomic mass is 16.3. The van der Waals surface area contributed by atoms with Crippen LogP contribution in [0, 0.1) is 0 Å². The monoisotopic (exact) mass is 298 g/mol. The molecule has 2 aromatic heterocycles. The summed E-state index contributed by atoms with van der Waals surface area (Å²) < 4.78 is 5.18. The van der Waals surface area contributed by atoms with E-state index < -0.39 is 0 Å². The second-order valence-corrected chi connectivity index (χ2v) is 5.78. The maximum absolute atomic E-state index is 12.2. The number of fused-ring (bicyclic) bond motifs is 1. The summed E-state index contributed by atoms with van der Waals surface area (Å²) in [7, 11) is 0. The summed E-state index contributed by atoms with van der Waals surface area (Å²) in [6.07, 6.45) is 4.87. The standard InChI is InChI=1S/C16H18N4O2/c21-16(14-5-2-10-22-14)20-8-6-19(7-9-20)15-11-12-3-1-4-13(12)17-18-15/h2,5,10-11H,1,3-4,6-9H2. The fourth-order valence-corrected chi connectivity index (χ4v) is 3.17. The lowest BCUT2D eigenvalue weighted by molar-refractivity contribution is 0.0714. The first kappa shape index (κ1) is 13.3. The molecule has 1 fully saturated rings. The molecule has 1 aliphatic carbocycles. The van der Waals surface area contributed by atoms with Crippen molar-refractivity contribution in [1.29, 1.82) is 0 Å². The van der Waals surface area contributed by atoms with Crippen molar-refractivity contribution in [2.24, 2.45) is 0 Å². The first-order valence-electron chi connectivity index (χ1n) is 7.74. The summed E-state index contributed by atoms with van der Waals surface area (Å²) in [6, 6.07) is 5.61. The van der Waals surface area contributed by atoms with Crippen LogP contribution in [0.3, 0.4) is 0 Å². The van der Waals surface area contributed by atoms with Gasteiger partial charge in [-0.25, -0.2) is 0 Å². The summed E-state index contributed by atoms with van der Waals surface area (Å²) in [5.74, 6) is 1.31. The number of hydrogen-bond donors (Lipinski definition) is 0. The van der Waals surface area contributed by atoms with Gasteiger partial charge in [-0.05, 0) is 43.0 Å². The van der Waals surface area contributed by atoms with Crippen LogP contribution in [0.25, 0.3) is 0 Å².